The number of carbonyl (C=O) groups excluding carboxylic acids is 1. The molecule has 3 nitrogen and oxygen atoms in total. The van der Waals surface area contributed by atoms with E-state index < -0.39 is 17.8 Å². The summed E-state index contributed by atoms with van der Waals surface area (Å²) in [5.41, 5.74) is 2.66. The quantitative estimate of drug-likeness (QED) is 0.437. The highest BCUT2D eigenvalue weighted by Crippen LogP contribution is 2.44. The standard InChI is InChI=1S/C25H33F3N2O/c1-4-5-6-7-8-9-12-18-15-20(16-19-13-10-11-14-21(18)19)23(25(26,27)28)30-24(2,3)17-22(31)29-30/h10-11,13-16,23H,4-9,12,17H2,1-3H3,(H,29,31). The number of hydrogen-bond donors (Lipinski definition) is 1. The van der Waals surface area contributed by atoms with Gasteiger partial charge in [-0.3, -0.25) is 10.2 Å². The molecule has 1 aliphatic heterocycles. The Labute approximate surface area is 183 Å². The van der Waals surface area contributed by atoms with E-state index >= 15 is 0 Å². The average molecular weight is 435 g/mol. The van der Waals surface area contributed by atoms with Crippen molar-refractivity contribution in [1.29, 1.82) is 0 Å². The summed E-state index contributed by atoms with van der Waals surface area (Å²) in [6.45, 7) is 5.52. The summed E-state index contributed by atoms with van der Waals surface area (Å²) in [6, 6.07) is 9.07. The first-order valence-corrected chi connectivity index (χ1v) is 11.3. The van der Waals surface area contributed by atoms with Crippen molar-refractivity contribution in [3.8, 4) is 0 Å². The van der Waals surface area contributed by atoms with E-state index in [-0.39, 0.29) is 17.9 Å². The van der Waals surface area contributed by atoms with Gasteiger partial charge in [0.25, 0.3) is 0 Å². The normalized spacial score (nSPS) is 17.8. The molecular weight excluding hydrogens is 401 g/mol. The largest absolute Gasteiger partial charge is 0.409 e. The van der Waals surface area contributed by atoms with Crippen LogP contribution in [0.2, 0.25) is 0 Å². The fraction of sp³-hybridized carbons (Fsp3) is 0.560. The van der Waals surface area contributed by atoms with Gasteiger partial charge in [-0.05, 0) is 54.7 Å². The molecule has 1 heterocycles. The van der Waals surface area contributed by atoms with E-state index in [0.29, 0.717) is 0 Å². The molecule has 1 aliphatic rings. The molecule has 0 aliphatic carbocycles. The Morgan fingerprint density at radius 2 is 1.74 bits per heavy atom. The number of unbranched alkanes of at least 4 members (excludes halogenated alkanes) is 5. The molecule has 1 saturated heterocycles. The molecule has 1 N–H and O–H groups in total. The van der Waals surface area contributed by atoms with E-state index in [1.54, 1.807) is 26.0 Å². The molecule has 1 atom stereocenters. The van der Waals surface area contributed by atoms with Crippen LogP contribution in [-0.2, 0) is 11.2 Å². The summed E-state index contributed by atoms with van der Waals surface area (Å²) in [4.78, 5) is 11.9. The van der Waals surface area contributed by atoms with Gasteiger partial charge >= 0.3 is 6.18 Å². The number of fused-ring (bicyclic) bond motifs is 1. The molecule has 170 valence electrons. The molecule has 3 rings (SSSR count). The highest BCUT2D eigenvalue weighted by atomic mass is 19.4. The van der Waals surface area contributed by atoms with Gasteiger partial charge in [0.05, 0.1) is 0 Å². The molecule has 2 aromatic carbocycles. The monoisotopic (exact) mass is 434 g/mol. The molecule has 0 spiro atoms. The second-order valence-corrected chi connectivity index (χ2v) is 9.26. The van der Waals surface area contributed by atoms with Crippen molar-refractivity contribution >= 4 is 16.7 Å². The molecule has 2 aromatic rings. The van der Waals surface area contributed by atoms with Gasteiger partial charge in [0, 0.05) is 12.0 Å². The van der Waals surface area contributed by atoms with Crippen LogP contribution in [-0.4, -0.2) is 22.6 Å². The minimum absolute atomic E-state index is 0.0395. The lowest BCUT2D eigenvalue weighted by Crippen LogP contribution is -2.51. The Bertz CT molecular complexity index is 907. The number of rotatable bonds is 9. The lowest BCUT2D eigenvalue weighted by molar-refractivity contribution is -0.203. The summed E-state index contributed by atoms with van der Waals surface area (Å²) < 4.78 is 42.9. The summed E-state index contributed by atoms with van der Waals surface area (Å²) in [5, 5.41) is 2.90. The molecule has 0 aromatic heterocycles. The molecule has 1 unspecified atom stereocenters. The molecule has 0 saturated carbocycles. The molecule has 1 amide bonds. The minimum Gasteiger partial charge on any atom is -0.287 e. The summed E-state index contributed by atoms with van der Waals surface area (Å²) in [5.74, 6) is -0.382. The van der Waals surface area contributed by atoms with Crippen molar-refractivity contribution in [2.45, 2.75) is 89.9 Å². The summed E-state index contributed by atoms with van der Waals surface area (Å²) >= 11 is 0. The third-order valence-corrected chi connectivity index (χ3v) is 6.14. The predicted octanol–water partition coefficient (Wildman–Crippen LogP) is 6.86. The van der Waals surface area contributed by atoms with Crippen molar-refractivity contribution in [3.05, 3.63) is 47.5 Å². The molecule has 0 bridgehead atoms. The zero-order valence-corrected chi connectivity index (χ0v) is 18.7. The number of hydrogen-bond acceptors (Lipinski definition) is 2. The highest BCUT2D eigenvalue weighted by molar-refractivity contribution is 5.86. The number of amides is 1. The first-order chi connectivity index (χ1) is 14.6. The van der Waals surface area contributed by atoms with E-state index in [9.17, 15) is 18.0 Å². The van der Waals surface area contributed by atoms with Gasteiger partial charge < -0.3 is 0 Å². The van der Waals surface area contributed by atoms with Crippen LogP contribution >= 0.6 is 0 Å². The maximum absolute atomic E-state index is 14.3. The number of carbonyl (C=O) groups is 1. The van der Waals surface area contributed by atoms with Gasteiger partial charge in [-0.2, -0.15) is 18.2 Å². The van der Waals surface area contributed by atoms with Crippen LogP contribution in [0.15, 0.2) is 36.4 Å². The SMILES string of the molecule is CCCCCCCCc1cc(C(N2NC(=O)CC2(C)C)C(F)(F)F)cc2ccccc12. The average Bonchev–Trinajstić information content (AvgIpc) is 2.95. The molecular formula is C25H33F3N2O. The predicted molar refractivity (Wildman–Crippen MR) is 119 cm³/mol. The second-order valence-electron chi connectivity index (χ2n) is 9.26. The van der Waals surface area contributed by atoms with E-state index in [2.05, 4.69) is 12.3 Å². The molecule has 6 heteroatoms. The maximum atomic E-state index is 14.3. The van der Waals surface area contributed by atoms with Gasteiger partial charge in [0.1, 0.15) is 0 Å². The Hall–Kier alpha value is -2.08. The van der Waals surface area contributed by atoms with Crippen molar-refractivity contribution < 1.29 is 18.0 Å². The van der Waals surface area contributed by atoms with Gasteiger partial charge in [0.15, 0.2) is 6.04 Å². The van der Waals surface area contributed by atoms with Crippen LogP contribution in [0.1, 0.15) is 82.9 Å². The molecule has 31 heavy (non-hydrogen) atoms. The first-order valence-electron chi connectivity index (χ1n) is 11.3. The fourth-order valence-electron chi connectivity index (χ4n) is 4.58. The number of hydrazine groups is 1. The minimum atomic E-state index is -4.52. The van der Waals surface area contributed by atoms with E-state index in [4.69, 9.17) is 0 Å². The number of nitrogens with zero attached hydrogens (tertiary/aromatic N) is 1. The topological polar surface area (TPSA) is 32.3 Å². The van der Waals surface area contributed by atoms with Gasteiger partial charge in [0.2, 0.25) is 5.91 Å². The number of nitrogens with one attached hydrogen (secondary N) is 1. The molecule has 0 radical (unpaired) electrons. The van der Waals surface area contributed by atoms with Crippen molar-refractivity contribution in [3.63, 3.8) is 0 Å². The fourth-order valence-corrected chi connectivity index (χ4v) is 4.58. The molecule has 1 fully saturated rings. The Morgan fingerprint density at radius 1 is 1.06 bits per heavy atom. The van der Waals surface area contributed by atoms with E-state index in [1.165, 1.54) is 19.3 Å². The smallest absolute Gasteiger partial charge is 0.287 e. The van der Waals surface area contributed by atoms with Crippen molar-refractivity contribution in [2.75, 3.05) is 0 Å². The van der Waals surface area contributed by atoms with Gasteiger partial charge in [-0.1, -0.05) is 69.4 Å². The zero-order chi connectivity index (χ0) is 22.6. The summed E-state index contributed by atoms with van der Waals surface area (Å²) in [7, 11) is 0. The van der Waals surface area contributed by atoms with Crippen molar-refractivity contribution in [2.24, 2.45) is 0 Å². The first kappa shape index (κ1) is 23.6. The van der Waals surface area contributed by atoms with Crippen molar-refractivity contribution in [1.82, 2.24) is 10.4 Å². The van der Waals surface area contributed by atoms with Gasteiger partial charge in [-0.15, -0.1) is 0 Å². The number of benzene rings is 2. The lowest BCUT2D eigenvalue weighted by atomic mass is 9.91. The number of alkyl halides is 3. The lowest BCUT2D eigenvalue weighted by Gasteiger charge is -2.38. The number of aryl methyl sites for hydroxylation is 1. The summed E-state index contributed by atoms with van der Waals surface area (Å²) in [6.07, 6.45) is 3.09. The maximum Gasteiger partial charge on any atom is 0.409 e. The third-order valence-electron chi connectivity index (χ3n) is 6.14. The van der Waals surface area contributed by atoms with E-state index in [0.717, 1.165) is 47.0 Å². The Kier molecular flexibility index (Phi) is 7.30. The van der Waals surface area contributed by atoms with Crippen LogP contribution in [0.4, 0.5) is 13.2 Å². The Balaban J connectivity index is 1.95. The zero-order valence-electron chi connectivity index (χ0n) is 18.7. The van der Waals surface area contributed by atoms with Crippen LogP contribution < -0.4 is 5.43 Å². The number of halogens is 3. The highest BCUT2D eigenvalue weighted by Gasteiger charge is 2.53. The van der Waals surface area contributed by atoms with Crippen LogP contribution in [0, 0.1) is 0 Å². The van der Waals surface area contributed by atoms with Crippen LogP contribution in [0.5, 0.6) is 0 Å². The van der Waals surface area contributed by atoms with Crippen LogP contribution in [0.25, 0.3) is 10.8 Å². The Morgan fingerprint density at radius 3 is 2.39 bits per heavy atom. The van der Waals surface area contributed by atoms with Gasteiger partial charge in [-0.25, -0.2) is 0 Å². The van der Waals surface area contributed by atoms with Crippen LogP contribution in [0.3, 0.4) is 0 Å². The second kappa shape index (κ2) is 9.60. The van der Waals surface area contributed by atoms with E-state index in [1.807, 2.05) is 24.3 Å². The third kappa shape index (κ3) is 5.59.